The zero-order chi connectivity index (χ0) is 27.9. The summed E-state index contributed by atoms with van der Waals surface area (Å²) in [5, 5.41) is 10.3. The fourth-order valence-electron chi connectivity index (χ4n) is 4.81. The number of aromatic nitrogens is 1. The molecule has 1 amide bonds. The molecule has 5 rings (SSSR count). The number of hydrogen-bond acceptors (Lipinski definition) is 3. The minimum atomic E-state index is -0.375. The van der Waals surface area contributed by atoms with Crippen molar-refractivity contribution in [3.8, 4) is 22.9 Å². The van der Waals surface area contributed by atoms with Crippen molar-refractivity contribution >= 4 is 29.1 Å². The predicted octanol–water partition coefficient (Wildman–Crippen LogP) is 8.24. The van der Waals surface area contributed by atoms with Crippen LogP contribution in [0.15, 0.2) is 103 Å². The molecule has 5 heteroatoms. The van der Waals surface area contributed by atoms with Gasteiger partial charge in [-0.2, -0.15) is 5.26 Å². The molecule has 0 aliphatic rings. The highest BCUT2D eigenvalue weighted by Gasteiger charge is 2.19. The molecule has 0 aliphatic heterocycles. The van der Waals surface area contributed by atoms with Gasteiger partial charge in [0.25, 0.3) is 0 Å². The highest BCUT2D eigenvalue weighted by Crippen LogP contribution is 2.38. The first kappa shape index (κ1) is 26.5. The van der Waals surface area contributed by atoms with Gasteiger partial charge in [-0.05, 0) is 66.4 Å². The first-order valence-corrected chi connectivity index (χ1v) is 13.5. The molecule has 0 unspecified atom stereocenters. The van der Waals surface area contributed by atoms with Crippen molar-refractivity contribution in [2.24, 2.45) is 0 Å². The van der Waals surface area contributed by atoms with Gasteiger partial charge in [-0.3, -0.25) is 0 Å². The Bertz CT molecular complexity index is 1670. The Balaban J connectivity index is 1.46. The van der Waals surface area contributed by atoms with Gasteiger partial charge in [0.15, 0.2) is 0 Å². The molecule has 198 valence electrons. The van der Waals surface area contributed by atoms with Crippen molar-refractivity contribution in [2.45, 2.75) is 20.4 Å². The molecule has 0 atom stereocenters. The van der Waals surface area contributed by atoms with Gasteiger partial charge in [0.1, 0.15) is 5.75 Å². The number of nitriles is 1. The number of rotatable bonds is 8. The normalized spacial score (nSPS) is 11.0. The maximum Gasteiger partial charge on any atom is 0.415 e. The van der Waals surface area contributed by atoms with Crippen LogP contribution in [-0.2, 0) is 6.54 Å². The number of benzene rings is 4. The van der Waals surface area contributed by atoms with E-state index in [9.17, 15) is 10.1 Å². The molecule has 5 aromatic rings. The molecule has 4 aromatic carbocycles. The molecule has 40 heavy (non-hydrogen) atoms. The molecular formula is C35H31N3O2. The fourth-order valence-corrected chi connectivity index (χ4v) is 4.81. The topological polar surface area (TPSA) is 58.3 Å². The summed E-state index contributed by atoms with van der Waals surface area (Å²) in [5.74, 6) is 0.501. The number of carbonyl (C=O) groups is 1. The number of fused-ring (bicyclic) bond motifs is 1. The molecule has 0 saturated carbocycles. The highest BCUT2D eigenvalue weighted by atomic mass is 16.6. The van der Waals surface area contributed by atoms with Gasteiger partial charge in [-0.15, -0.1) is 0 Å². The summed E-state index contributed by atoms with van der Waals surface area (Å²) in [7, 11) is 0. The fraction of sp³-hybridized carbons (Fsp3) is 0.143. The van der Waals surface area contributed by atoms with Gasteiger partial charge < -0.3 is 14.2 Å². The lowest BCUT2D eigenvalue weighted by molar-refractivity contribution is 0.157. The first-order valence-electron chi connectivity index (χ1n) is 13.5. The van der Waals surface area contributed by atoms with E-state index in [-0.39, 0.29) is 6.09 Å². The number of carbonyl (C=O) groups excluding carboxylic acids is 1. The van der Waals surface area contributed by atoms with Crippen LogP contribution in [0.4, 0.5) is 4.79 Å². The summed E-state index contributed by atoms with van der Waals surface area (Å²) in [6.07, 6.45) is 5.93. The van der Waals surface area contributed by atoms with E-state index >= 15 is 0 Å². The Morgan fingerprint density at radius 2 is 1.52 bits per heavy atom. The van der Waals surface area contributed by atoms with Crippen LogP contribution in [-0.4, -0.2) is 28.6 Å². The average molecular weight is 526 g/mol. The first-order chi connectivity index (χ1) is 19.6. The van der Waals surface area contributed by atoms with Gasteiger partial charge in [0, 0.05) is 42.3 Å². The lowest BCUT2D eigenvalue weighted by atomic mass is 9.99. The van der Waals surface area contributed by atoms with Gasteiger partial charge in [-0.1, -0.05) is 78.9 Å². The van der Waals surface area contributed by atoms with E-state index in [0.717, 1.165) is 27.6 Å². The van der Waals surface area contributed by atoms with Crippen molar-refractivity contribution in [1.29, 1.82) is 5.26 Å². The van der Waals surface area contributed by atoms with Crippen molar-refractivity contribution in [2.75, 3.05) is 13.1 Å². The summed E-state index contributed by atoms with van der Waals surface area (Å²) >= 11 is 0. The molecule has 0 radical (unpaired) electrons. The third kappa shape index (κ3) is 5.82. The molecule has 1 aromatic heterocycles. The quantitative estimate of drug-likeness (QED) is 0.192. The average Bonchev–Trinajstić information content (AvgIpc) is 3.40. The molecule has 5 nitrogen and oxygen atoms in total. The number of ether oxygens (including phenoxy) is 1. The van der Waals surface area contributed by atoms with Crippen LogP contribution >= 0.6 is 0 Å². The van der Waals surface area contributed by atoms with E-state index in [0.29, 0.717) is 30.9 Å². The zero-order valence-corrected chi connectivity index (χ0v) is 22.7. The number of hydrogen-bond donors (Lipinski definition) is 0. The van der Waals surface area contributed by atoms with E-state index < -0.39 is 0 Å². The third-order valence-electron chi connectivity index (χ3n) is 7.04. The van der Waals surface area contributed by atoms with E-state index in [1.807, 2.05) is 56.3 Å². The van der Waals surface area contributed by atoms with E-state index in [1.54, 1.807) is 17.0 Å². The minimum absolute atomic E-state index is 0.375. The van der Waals surface area contributed by atoms with Crippen LogP contribution in [0.1, 0.15) is 36.1 Å². The van der Waals surface area contributed by atoms with Gasteiger partial charge >= 0.3 is 6.09 Å². The van der Waals surface area contributed by atoms with E-state index in [1.165, 1.54) is 11.1 Å². The molecule has 0 bridgehead atoms. The van der Waals surface area contributed by atoms with Crippen LogP contribution in [0.5, 0.6) is 5.75 Å². The van der Waals surface area contributed by atoms with E-state index in [4.69, 9.17) is 4.74 Å². The highest BCUT2D eigenvalue weighted by molar-refractivity contribution is 5.99. The van der Waals surface area contributed by atoms with Crippen LogP contribution in [0.25, 0.3) is 34.2 Å². The van der Waals surface area contributed by atoms with Gasteiger partial charge in [0.05, 0.1) is 11.6 Å². The summed E-state index contributed by atoms with van der Waals surface area (Å²) < 4.78 is 8.11. The molecule has 0 spiro atoms. The molecule has 0 N–H and O–H groups in total. The van der Waals surface area contributed by atoms with Crippen LogP contribution in [0.2, 0.25) is 0 Å². The number of amides is 1. The monoisotopic (exact) mass is 525 g/mol. The van der Waals surface area contributed by atoms with Crippen molar-refractivity contribution < 1.29 is 9.53 Å². The molecule has 1 heterocycles. The Morgan fingerprint density at radius 1 is 0.850 bits per heavy atom. The predicted molar refractivity (Wildman–Crippen MR) is 162 cm³/mol. The lowest BCUT2D eigenvalue weighted by Gasteiger charge is -2.20. The Morgan fingerprint density at radius 3 is 2.17 bits per heavy atom. The number of nitrogens with zero attached hydrogens (tertiary/aromatic N) is 3. The zero-order valence-electron chi connectivity index (χ0n) is 22.7. The lowest BCUT2D eigenvalue weighted by Crippen LogP contribution is -2.33. The largest absolute Gasteiger partial charge is 0.415 e. The van der Waals surface area contributed by atoms with Crippen molar-refractivity contribution in [3.05, 3.63) is 126 Å². The Labute approximate surface area is 235 Å². The van der Waals surface area contributed by atoms with Gasteiger partial charge in [-0.25, -0.2) is 4.79 Å². The van der Waals surface area contributed by atoms with Gasteiger partial charge in [0.2, 0.25) is 0 Å². The van der Waals surface area contributed by atoms with Crippen LogP contribution in [0, 0.1) is 11.3 Å². The van der Waals surface area contributed by atoms with Crippen molar-refractivity contribution in [1.82, 2.24) is 9.47 Å². The molecule has 0 saturated heterocycles. The summed E-state index contributed by atoms with van der Waals surface area (Å²) in [6.45, 7) is 5.71. The maximum absolute atomic E-state index is 12.8. The second kappa shape index (κ2) is 12.2. The minimum Gasteiger partial charge on any atom is -0.410 e. The second-order valence-corrected chi connectivity index (χ2v) is 9.53. The summed E-state index contributed by atoms with van der Waals surface area (Å²) in [6, 6.07) is 34.3. The summed E-state index contributed by atoms with van der Waals surface area (Å²) in [5.41, 5.74) is 6.85. The molecule has 0 aliphatic carbocycles. The van der Waals surface area contributed by atoms with E-state index in [2.05, 4.69) is 71.4 Å². The SMILES string of the molecule is CCN(CC)C(=O)Oc1ccc2c(ccn2Cc2ccc(/C=C/c3ccccc3)cc2)c1-c1ccc(C#N)cc1. The third-order valence-corrected chi connectivity index (χ3v) is 7.04. The molecular weight excluding hydrogens is 494 g/mol. The Kier molecular flexibility index (Phi) is 8.08. The molecule has 0 fully saturated rings. The smallest absolute Gasteiger partial charge is 0.410 e. The maximum atomic E-state index is 12.8. The standard InChI is InChI=1S/C35H31N3O2/c1-3-37(4-2)35(39)40-33-21-20-32-31(34(33)30-18-16-28(24-36)17-19-30)22-23-38(32)25-29-14-12-27(13-15-29)11-10-26-8-6-5-7-9-26/h5-23H,3-4,25H2,1-2H3/b11-10+. The summed E-state index contributed by atoms with van der Waals surface area (Å²) in [4.78, 5) is 14.5. The second-order valence-electron chi connectivity index (χ2n) is 9.53. The Hall–Kier alpha value is -5.08. The van der Waals surface area contributed by atoms with Crippen LogP contribution in [0.3, 0.4) is 0 Å². The van der Waals surface area contributed by atoms with Crippen molar-refractivity contribution in [3.63, 3.8) is 0 Å². The van der Waals surface area contributed by atoms with Crippen LogP contribution < -0.4 is 4.74 Å².